The van der Waals surface area contributed by atoms with Gasteiger partial charge in [-0.1, -0.05) is 0 Å². The molecular weight excluding hydrogens is 252 g/mol. The average Bonchev–Trinajstić information content (AvgIpc) is 3.05. The van der Waals surface area contributed by atoms with Crippen LogP contribution in [0, 0.1) is 0 Å². The summed E-state index contributed by atoms with van der Waals surface area (Å²) < 4.78 is 5.15. The third kappa shape index (κ3) is 3.75. The molecule has 0 radical (unpaired) electrons. The van der Waals surface area contributed by atoms with Crippen LogP contribution in [0.4, 0.5) is 0 Å². The lowest BCUT2D eigenvalue weighted by Gasteiger charge is -2.11. The molecule has 2 rings (SSSR count). The first-order valence-electron chi connectivity index (χ1n) is 6.17. The molecule has 3 N–H and O–H groups in total. The number of aryl methyl sites for hydroxylation is 1. The molecule has 0 spiro atoms. The fraction of sp³-hybridized carbons (Fsp3) is 0.636. The molecule has 2 atom stereocenters. The van der Waals surface area contributed by atoms with Gasteiger partial charge in [-0.05, 0) is 19.3 Å². The molecule has 1 aliphatic rings. The van der Waals surface area contributed by atoms with Gasteiger partial charge in [-0.3, -0.25) is 9.89 Å². The van der Waals surface area contributed by atoms with Crippen molar-refractivity contribution < 1.29 is 19.4 Å². The molecule has 2 unspecified atom stereocenters. The molecule has 8 heteroatoms. The van der Waals surface area contributed by atoms with Crippen LogP contribution < -0.4 is 5.32 Å². The maximum absolute atomic E-state index is 11.7. The van der Waals surface area contributed by atoms with Crippen molar-refractivity contribution in [1.29, 1.82) is 0 Å². The van der Waals surface area contributed by atoms with Crippen molar-refractivity contribution in [2.45, 2.75) is 37.9 Å². The molecule has 0 saturated carbocycles. The summed E-state index contributed by atoms with van der Waals surface area (Å²) in [5, 5.41) is 17.9. The van der Waals surface area contributed by atoms with Crippen LogP contribution >= 0.6 is 0 Å². The summed E-state index contributed by atoms with van der Waals surface area (Å²) in [4.78, 5) is 26.4. The molecule has 1 aromatic rings. The minimum absolute atomic E-state index is 0.249. The molecule has 0 aromatic carbocycles. The number of hydrogen-bond donors (Lipinski definition) is 3. The number of hydrogen-bond acceptors (Lipinski definition) is 5. The molecule has 19 heavy (non-hydrogen) atoms. The molecule has 1 amide bonds. The van der Waals surface area contributed by atoms with Gasteiger partial charge in [-0.2, -0.15) is 5.10 Å². The van der Waals surface area contributed by atoms with Crippen molar-refractivity contribution in [1.82, 2.24) is 20.5 Å². The minimum atomic E-state index is -1.01. The van der Waals surface area contributed by atoms with E-state index in [0.717, 1.165) is 12.2 Å². The highest BCUT2D eigenvalue weighted by molar-refractivity contribution is 5.82. The van der Waals surface area contributed by atoms with Crippen molar-refractivity contribution in [2.75, 3.05) is 6.54 Å². The highest BCUT2D eigenvalue weighted by Gasteiger charge is 2.34. The number of nitrogens with one attached hydrogen (secondary N) is 2. The zero-order valence-corrected chi connectivity index (χ0v) is 10.3. The highest BCUT2D eigenvalue weighted by atomic mass is 16.5. The average molecular weight is 268 g/mol. The lowest BCUT2D eigenvalue weighted by molar-refractivity contribution is -0.151. The zero-order chi connectivity index (χ0) is 13.7. The van der Waals surface area contributed by atoms with Gasteiger partial charge in [-0.15, -0.1) is 0 Å². The van der Waals surface area contributed by atoms with Crippen molar-refractivity contribution in [2.24, 2.45) is 0 Å². The third-order valence-corrected chi connectivity index (χ3v) is 2.94. The Balaban J connectivity index is 1.63. The van der Waals surface area contributed by atoms with E-state index in [1.807, 2.05) is 0 Å². The second-order valence-corrected chi connectivity index (χ2v) is 4.36. The molecule has 0 bridgehead atoms. The van der Waals surface area contributed by atoms with E-state index < -0.39 is 18.2 Å². The monoisotopic (exact) mass is 268 g/mol. The topological polar surface area (TPSA) is 117 Å². The normalized spacial score (nSPS) is 22.3. The molecule has 0 aliphatic carbocycles. The quantitative estimate of drug-likeness (QED) is 0.598. The summed E-state index contributed by atoms with van der Waals surface area (Å²) in [6, 6.07) is 0. The Kier molecular flexibility index (Phi) is 4.45. The van der Waals surface area contributed by atoms with Gasteiger partial charge in [-0.25, -0.2) is 9.78 Å². The molecule has 8 nitrogen and oxygen atoms in total. The van der Waals surface area contributed by atoms with Crippen molar-refractivity contribution >= 4 is 11.9 Å². The summed E-state index contributed by atoms with van der Waals surface area (Å²) >= 11 is 0. The Morgan fingerprint density at radius 1 is 1.47 bits per heavy atom. The number of aliphatic carboxylic acids is 1. The molecule has 104 valence electrons. The predicted molar refractivity (Wildman–Crippen MR) is 63.2 cm³/mol. The number of H-pyrrole nitrogens is 1. The lowest BCUT2D eigenvalue weighted by atomic mass is 10.2. The van der Waals surface area contributed by atoms with E-state index in [0.29, 0.717) is 25.8 Å². The SMILES string of the molecule is O=C(O)C1CCC(C(=O)NCCCc2ncn[nH]2)O1. The van der Waals surface area contributed by atoms with E-state index in [1.54, 1.807) is 0 Å². The Morgan fingerprint density at radius 3 is 2.89 bits per heavy atom. The fourth-order valence-corrected chi connectivity index (χ4v) is 1.94. The number of ether oxygens (including phenoxy) is 1. The minimum Gasteiger partial charge on any atom is -0.479 e. The van der Waals surface area contributed by atoms with E-state index in [-0.39, 0.29) is 5.91 Å². The Hall–Kier alpha value is -1.96. The zero-order valence-electron chi connectivity index (χ0n) is 10.3. The Labute approximate surface area is 109 Å². The van der Waals surface area contributed by atoms with E-state index in [1.165, 1.54) is 6.33 Å². The molecule has 2 heterocycles. The molecule has 1 aliphatic heterocycles. The van der Waals surface area contributed by atoms with Crippen molar-refractivity contribution in [3.8, 4) is 0 Å². The number of carbonyl (C=O) groups is 2. The van der Waals surface area contributed by atoms with Crippen LogP contribution in [0.15, 0.2) is 6.33 Å². The van der Waals surface area contributed by atoms with Gasteiger partial charge in [0.15, 0.2) is 6.10 Å². The number of carboxylic acids is 1. The summed E-state index contributed by atoms with van der Waals surface area (Å²) in [6.07, 6.45) is 2.19. The van der Waals surface area contributed by atoms with E-state index in [2.05, 4.69) is 20.5 Å². The third-order valence-electron chi connectivity index (χ3n) is 2.94. The summed E-state index contributed by atoms with van der Waals surface area (Å²) in [5.41, 5.74) is 0. The standard InChI is InChI=1S/C11H16N4O4/c16-10(7-3-4-8(19-7)11(17)18)12-5-1-2-9-13-6-14-15-9/h6-8H,1-5H2,(H,12,16)(H,17,18)(H,13,14,15). The Morgan fingerprint density at radius 2 is 2.26 bits per heavy atom. The maximum Gasteiger partial charge on any atom is 0.332 e. The second-order valence-electron chi connectivity index (χ2n) is 4.36. The fourth-order valence-electron chi connectivity index (χ4n) is 1.94. The van der Waals surface area contributed by atoms with Gasteiger partial charge in [0.2, 0.25) is 5.91 Å². The first-order chi connectivity index (χ1) is 9.16. The number of nitrogens with zero attached hydrogens (tertiary/aromatic N) is 2. The second kappa shape index (κ2) is 6.28. The van der Waals surface area contributed by atoms with Gasteiger partial charge < -0.3 is 15.2 Å². The van der Waals surface area contributed by atoms with Crippen LogP contribution in [0.25, 0.3) is 0 Å². The van der Waals surface area contributed by atoms with Crippen molar-refractivity contribution in [3.63, 3.8) is 0 Å². The van der Waals surface area contributed by atoms with Gasteiger partial charge in [0.25, 0.3) is 0 Å². The van der Waals surface area contributed by atoms with Gasteiger partial charge in [0.1, 0.15) is 18.3 Å². The summed E-state index contributed by atoms with van der Waals surface area (Å²) in [6.45, 7) is 0.497. The van der Waals surface area contributed by atoms with Gasteiger partial charge in [0, 0.05) is 13.0 Å². The number of rotatable bonds is 6. The smallest absolute Gasteiger partial charge is 0.332 e. The first-order valence-corrected chi connectivity index (χ1v) is 6.17. The van der Waals surface area contributed by atoms with Gasteiger partial charge in [0.05, 0.1) is 0 Å². The number of aromatic amines is 1. The number of carbonyl (C=O) groups excluding carboxylic acids is 1. The van der Waals surface area contributed by atoms with Crippen LogP contribution in [0.5, 0.6) is 0 Å². The van der Waals surface area contributed by atoms with Crippen LogP contribution in [0.1, 0.15) is 25.1 Å². The van der Waals surface area contributed by atoms with Crippen LogP contribution in [0.3, 0.4) is 0 Å². The van der Waals surface area contributed by atoms with Crippen LogP contribution in [0.2, 0.25) is 0 Å². The number of aromatic nitrogens is 3. The van der Waals surface area contributed by atoms with Crippen LogP contribution in [-0.2, 0) is 20.7 Å². The molecule has 1 aromatic heterocycles. The van der Waals surface area contributed by atoms with Gasteiger partial charge >= 0.3 is 5.97 Å². The molecule has 1 fully saturated rings. The van der Waals surface area contributed by atoms with Crippen molar-refractivity contribution in [3.05, 3.63) is 12.2 Å². The first kappa shape index (κ1) is 13.5. The maximum atomic E-state index is 11.7. The lowest BCUT2D eigenvalue weighted by Crippen LogP contribution is -2.36. The van der Waals surface area contributed by atoms with E-state index >= 15 is 0 Å². The predicted octanol–water partition coefficient (Wildman–Crippen LogP) is -0.514. The number of amides is 1. The highest BCUT2D eigenvalue weighted by Crippen LogP contribution is 2.19. The molecular formula is C11H16N4O4. The van der Waals surface area contributed by atoms with Crippen LogP contribution in [-0.4, -0.2) is 50.9 Å². The summed E-state index contributed by atoms with van der Waals surface area (Å²) in [7, 11) is 0. The van der Waals surface area contributed by atoms with E-state index in [4.69, 9.17) is 9.84 Å². The van der Waals surface area contributed by atoms with E-state index in [9.17, 15) is 9.59 Å². The number of carboxylic acid groups (broad SMARTS) is 1. The Bertz CT molecular complexity index is 434. The largest absolute Gasteiger partial charge is 0.479 e. The summed E-state index contributed by atoms with van der Waals surface area (Å²) in [5.74, 6) is -0.487. The molecule has 1 saturated heterocycles.